The molecule has 21 heavy (non-hydrogen) atoms. The number of nitrogen functional groups attached to an aromatic ring is 1. The highest BCUT2D eigenvalue weighted by Gasteiger charge is 2.50. The fourth-order valence-electron chi connectivity index (χ4n) is 2.31. The van der Waals surface area contributed by atoms with Crippen molar-refractivity contribution in [3.05, 3.63) is 23.0 Å². The zero-order chi connectivity index (χ0) is 15.5. The lowest BCUT2D eigenvalue weighted by molar-refractivity contribution is -0.171. The number of halogens is 1. The van der Waals surface area contributed by atoms with Crippen molar-refractivity contribution >= 4 is 23.1 Å². The average molecular weight is 311 g/mol. The monoisotopic (exact) mass is 310 g/mol. The van der Waals surface area contributed by atoms with Crippen LogP contribution in [0.1, 0.15) is 32.3 Å². The largest absolute Gasteiger partial charge is 0.398 e. The number of nitrogens with zero attached hydrogens (tertiary/aromatic N) is 2. The van der Waals surface area contributed by atoms with E-state index in [2.05, 4.69) is 18.8 Å². The van der Waals surface area contributed by atoms with E-state index in [0.29, 0.717) is 27.7 Å². The van der Waals surface area contributed by atoms with E-state index in [9.17, 15) is 0 Å². The highest BCUT2D eigenvalue weighted by atomic mass is 35.5. The van der Waals surface area contributed by atoms with Gasteiger partial charge in [-0.2, -0.15) is 0 Å². The van der Waals surface area contributed by atoms with Crippen molar-refractivity contribution in [2.75, 3.05) is 32.0 Å². The molecule has 0 radical (unpaired) electrons. The van der Waals surface area contributed by atoms with E-state index in [1.165, 1.54) is 12.8 Å². The first-order valence-electron chi connectivity index (χ1n) is 7.34. The van der Waals surface area contributed by atoms with Gasteiger partial charge in [0.1, 0.15) is 11.0 Å². The van der Waals surface area contributed by atoms with Gasteiger partial charge in [0.2, 0.25) is 0 Å². The molecule has 0 saturated carbocycles. The summed E-state index contributed by atoms with van der Waals surface area (Å²) in [4.78, 5) is 5.96. The van der Waals surface area contributed by atoms with Gasteiger partial charge in [-0.1, -0.05) is 38.3 Å². The summed E-state index contributed by atoms with van der Waals surface area (Å²) in [5.74, 6) is 0.421. The molecular weight excluding hydrogens is 288 g/mol. The first-order chi connectivity index (χ1) is 10.0. The summed E-state index contributed by atoms with van der Waals surface area (Å²) < 4.78 is 5.20. The highest BCUT2D eigenvalue weighted by molar-refractivity contribution is 6.29. The van der Waals surface area contributed by atoms with E-state index in [0.717, 1.165) is 26.3 Å². The minimum atomic E-state index is 0.293. The molecule has 0 bridgehead atoms. The lowest BCUT2D eigenvalue weighted by Crippen LogP contribution is -2.67. The molecule has 116 valence electrons. The normalized spacial score (nSPS) is 18.3. The number of nitrogens with one attached hydrogen (secondary N) is 1. The molecule has 5 nitrogen and oxygen atoms in total. The van der Waals surface area contributed by atoms with Gasteiger partial charge in [-0.15, -0.1) is 0 Å². The van der Waals surface area contributed by atoms with Crippen molar-refractivity contribution in [3.8, 4) is 0 Å². The Morgan fingerprint density at radius 1 is 1.43 bits per heavy atom. The number of amidine groups is 1. The number of nitrogens with two attached hydrogens (primary N) is 1. The standard InChI is InChI=1S/C11H13ClN4O.C4H10/c12-9-1-8(13)7(2-15-9)10(14)16-3-11(4-16)5-17-6-11;1-3-4-2/h1-2,14H,3-6H2,(H2,13,15);3-4H2,1-2H3. The smallest absolute Gasteiger partial charge is 0.131 e. The van der Waals surface area contributed by atoms with Gasteiger partial charge in [-0.05, 0) is 6.07 Å². The second-order valence-electron chi connectivity index (χ2n) is 5.79. The van der Waals surface area contributed by atoms with Crippen molar-refractivity contribution in [1.29, 1.82) is 5.41 Å². The second kappa shape index (κ2) is 6.62. The molecular formula is C15H23ClN4O. The van der Waals surface area contributed by atoms with Crippen LogP contribution in [0.15, 0.2) is 12.3 Å². The molecule has 1 spiro atoms. The van der Waals surface area contributed by atoms with Crippen LogP contribution in [0.25, 0.3) is 0 Å². The van der Waals surface area contributed by atoms with Gasteiger partial charge in [0, 0.05) is 25.0 Å². The van der Waals surface area contributed by atoms with Crippen LogP contribution in [0.5, 0.6) is 0 Å². The van der Waals surface area contributed by atoms with Gasteiger partial charge in [-0.25, -0.2) is 4.98 Å². The predicted molar refractivity (Wildman–Crippen MR) is 85.9 cm³/mol. The van der Waals surface area contributed by atoms with Gasteiger partial charge >= 0.3 is 0 Å². The molecule has 0 aliphatic carbocycles. The van der Waals surface area contributed by atoms with E-state index in [4.69, 9.17) is 27.5 Å². The number of anilines is 1. The summed E-state index contributed by atoms with van der Waals surface area (Å²) in [5.41, 5.74) is 7.27. The number of aromatic nitrogens is 1. The third-order valence-electron chi connectivity index (χ3n) is 3.84. The zero-order valence-corrected chi connectivity index (χ0v) is 13.4. The van der Waals surface area contributed by atoms with Crippen LogP contribution in [-0.2, 0) is 4.74 Å². The van der Waals surface area contributed by atoms with Crippen LogP contribution in [0, 0.1) is 10.8 Å². The number of pyridine rings is 1. The van der Waals surface area contributed by atoms with Crippen LogP contribution in [0.4, 0.5) is 5.69 Å². The number of hydrogen-bond donors (Lipinski definition) is 2. The van der Waals surface area contributed by atoms with E-state index >= 15 is 0 Å². The van der Waals surface area contributed by atoms with Crippen LogP contribution >= 0.6 is 11.6 Å². The van der Waals surface area contributed by atoms with Crippen molar-refractivity contribution in [2.45, 2.75) is 26.7 Å². The second-order valence-corrected chi connectivity index (χ2v) is 6.18. The molecule has 0 atom stereocenters. The Labute approximate surface area is 130 Å². The maximum atomic E-state index is 8.10. The summed E-state index contributed by atoms with van der Waals surface area (Å²) in [7, 11) is 0. The van der Waals surface area contributed by atoms with E-state index in [1.807, 2.05) is 4.90 Å². The lowest BCUT2D eigenvalue weighted by Gasteiger charge is -2.55. The van der Waals surface area contributed by atoms with E-state index in [-0.39, 0.29) is 0 Å². The van der Waals surface area contributed by atoms with Crippen LogP contribution in [0.3, 0.4) is 0 Å². The molecule has 2 aliphatic heterocycles. The maximum absolute atomic E-state index is 8.10. The molecule has 0 aromatic carbocycles. The first kappa shape index (κ1) is 16.0. The Hall–Kier alpha value is -1.33. The topological polar surface area (TPSA) is 75.2 Å². The molecule has 2 saturated heterocycles. The highest BCUT2D eigenvalue weighted by Crippen LogP contribution is 2.38. The molecule has 2 fully saturated rings. The van der Waals surface area contributed by atoms with Crippen LogP contribution < -0.4 is 5.73 Å². The van der Waals surface area contributed by atoms with Gasteiger partial charge in [0.15, 0.2) is 0 Å². The molecule has 3 N–H and O–H groups in total. The Kier molecular flexibility index (Phi) is 5.06. The Balaban J connectivity index is 0.000000361. The van der Waals surface area contributed by atoms with Crippen LogP contribution in [0.2, 0.25) is 5.15 Å². The molecule has 1 aromatic rings. The Morgan fingerprint density at radius 2 is 2.05 bits per heavy atom. The number of rotatable bonds is 2. The minimum Gasteiger partial charge on any atom is -0.398 e. The molecule has 0 unspecified atom stereocenters. The Morgan fingerprint density at radius 3 is 2.48 bits per heavy atom. The molecule has 6 heteroatoms. The van der Waals surface area contributed by atoms with Gasteiger partial charge in [0.05, 0.1) is 24.2 Å². The van der Waals surface area contributed by atoms with E-state index < -0.39 is 0 Å². The van der Waals surface area contributed by atoms with Crippen LogP contribution in [-0.4, -0.2) is 42.0 Å². The number of unbranched alkanes of at least 4 members (excludes halogenated alkanes) is 1. The van der Waals surface area contributed by atoms with Gasteiger partial charge < -0.3 is 15.4 Å². The van der Waals surface area contributed by atoms with E-state index in [1.54, 1.807) is 12.3 Å². The first-order valence-corrected chi connectivity index (χ1v) is 7.72. The number of ether oxygens (including phenoxy) is 1. The Bertz CT molecular complexity index is 506. The molecule has 3 heterocycles. The average Bonchev–Trinajstić information content (AvgIpc) is 2.35. The molecule has 3 rings (SSSR count). The number of likely N-dealkylation sites (tertiary alicyclic amines) is 1. The summed E-state index contributed by atoms with van der Waals surface area (Å²) in [5, 5.41) is 8.45. The number of hydrogen-bond acceptors (Lipinski definition) is 4. The van der Waals surface area contributed by atoms with Gasteiger partial charge in [0.25, 0.3) is 0 Å². The van der Waals surface area contributed by atoms with Gasteiger partial charge in [-0.3, -0.25) is 5.41 Å². The predicted octanol–water partition coefficient (Wildman–Crippen LogP) is 2.78. The van der Waals surface area contributed by atoms with Crippen molar-refractivity contribution < 1.29 is 4.74 Å². The molecule has 0 amide bonds. The fraction of sp³-hybridized carbons (Fsp3) is 0.600. The SMILES string of the molecule is CCCC.N=C(c1cnc(Cl)cc1N)N1CC2(COC2)C1. The fourth-order valence-corrected chi connectivity index (χ4v) is 2.47. The maximum Gasteiger partial charge on any atom is 0.131 e. The minimum absolute atomic E-state index is 0.293. The summed E-state index contributed by atoms with van der Waals surface area (Å²) in [6.07, 6.45) is 4.20. The molecule has 1 aromatic heterocycles. The summed E-state index contributed by atoms with van der Waals surface area (Å²) >= 11 is 5.73. The van der Waals surface area contributed by atoms with Crippen molar-refractivity contribution in [2.24, 2.45) is 5.41 Å². The molecule has 2 aliphatic rings. The quantitative estimate of drug-likeness (QED) is 0.500. The summed E-state index contributed by atoms with van der Waals surface area (Å²) in [6.45, 7) is 7.72. The van der Waals surface area contributed by atoms with Crippen molar-refractivity contribution in [3.63, 3.8) is 0 Å². The van der Waals surface area contributed by atoms with Crippen molar-refractivity contribution in [1.82, 2.24) is 9.88 Å². The summed E-state index contributed by atoms with van der Waals surface area (Å²) in [6, 6.07) is 1.58. The zero-order valence-electron chi connectivity index (χ0n) is 12.7. The lowest BCUT2D eigenvalue weighted by atomic mass is 9.77. The third kappa shape index (κ3) is 3.47. The third-order valence-corrected chi connectivity index (χ3v) is 4.05.